The molecule has 1 aliphatic rings. The Morgan fingerprint density at radius 3 is 2.42 bits per heavy atom. The largest absolute Gasteiger partial charge is 0.327 e. The molecule has 2 aromatic carbocycles. The van der Waals surface area contributed by atoms with Crippen molar-refractivity contribution in [1.29, 1.82) is 0 Å². The molecular weight excluding hydrogens is 234 g/mol. The standard InChI is InChI=1S/C17H17NO/c1-2-12-18-16(13-8-4-3-5-9-13)14-10-6-7-11-15(14)17(18)19/h3-11,16H,2,12H2,1H3. The lowest BCUT2D eigenvalue weighted by Gasteiger charge is -2.25. The molecule has 0 spiro atoms. The fourth-order valence-electron chi connectivity index (χ4n) is 2.84. The van der Waals surface area contributed by atoms with Gasteiger partial charge in [0, 0.05) is 12.1 Å². The minimum absolute atomic E-state index is 0.0739. The van der Waals surface area contributed by atoms with Crippen LogP contribution in [0.25, 0.3) is 0 Å². The molecule has 0 N–H and O–H groups in total. The molecule has 0 saturated heterocycles. The number of benzene rings is 2. The number of rotatable bonds is 3. The van der Waals surface area contributed by atoms with Gasteiger partial charge in [-0.3, -0.25) is 4.79 Å². The van der Waals surface area contributed by atoms with E-state index in [0.29, 0.717) is 0 Å². The monoisotopic (exact) mass is 251 g/mol. The van der Waals surface area contributed by atoms with Crippen molar-refractivity contribution in [1.82, 2.24) is 4.90 Å². The predicted molar refractivity (Wildman–Crippen MR) is 76.1 cm³/mol. The highest BCUT2D eigenvalue weighted by Crippen LogP contribution is 2.38. The van der Waals surface area contributed by atoms with E-state index in [1.165, 1.54) is 5.56 Å². The van der Waals surface area contributed by atoms with Crippen LogP contribution in [0, 0.1) is 0 Å². The molecule has 3 rings (SSSR count). The number of carbonyl (C=O) groups excluding carboxylic acids is 1. The molecule has 1 unspecified atom stereocenters. The lowest BCUT2D eigenvalue weighted by Crippen LogP contribution is -2.29. The zero-order valence-electron chi connectivity index (χ0n) is 11.0. The van der Waals surface area contributed by atoms with Gasteiger partial charge in [0.25, 0.3) is 5.91 Å². The van der Waals surface area contributed by atoms with Gasteiger partial charge in [-0.15, -0.1) is 0 Å². The topological polar surface area (TPSA) is 20.3 Å². The summed E-state index contributed by atoms with van der Waals surface area (Å²) in [6.07, 6.45) is 0.975. The molecule has 0 fully saturated rings. The van der Waals surface area contributed by atoms with Crippen molar-refractivity contribution < 1.29 is 4.79 Å². The van der Waals surface area contributed by atoms with Crippen LogP contribution in [0.2, 0.25) is 0 Å². The molecule has 1 heterocycles. The van der Waals surface area contributed by atoms with Crippen LogP contribution in [0.4, 0.5) is 0 Å². The number of carbonyl (C=O) groups is 1. The Morgan fingerprint density at radius 2 is 1.68 bits per heavy atom. The fourth-order valence-corrected chi connectivity index (χ4v) is 2.84. The molecule has 0 bridgehead atoms. The molecule has 19 heavy (non-hydrogen) atoms. The summed E-state index contributed by atoms with van der Waals surface area (Å²) < 4.78 is 0. The lowest BCUT2D eigenvalue weighted by molar-refractivity contribution is 0.0750. The normalized spacial score (nSPS) is 17.6. The second-order valence-electron chi connectivity index (χ2n) is 4.90. The summed E-state index contributed by atoms with van der Waals surface area (Å²) in [5, 5.41) is 0. The van der Waals surface area contributed by atoms with Crippen LogP contribution in [-0.4, -0.2) is 17.4 Å². The fraction of sp³-hybridized carbons (Fsp3) is 0.235. The number of fused-ring (bicyclic) bond motifs is 1. The van der Waals surface area contributed by atoms with E-state index >= 15 is 0 Å². The zero-order chi connectivity index (χ0) is 13.2. The van der Waals surface area contributed by atoms with E-state index in [2.05, 4.69) is 25.1 Å². The number of hydrogen-bond acceptors (Lipinski definition) is 1. The molecule has 2 heteroatoms. The van der Waals surface area contributed by atoms with Crippen molar-refractivity contribution in [2.45, 2.75) is 19.4 Å². The van der Waals surface area contributed by atoms with E-state index in [1.54, 1.807) is 0 Å². The molecule has 1 atom stereocenters. The third kappa shape index (κ3) is 1.93. The molecule has 0 aliphatic carbocycles. The first kappa shape index (κ1) is 12.0. The highest BCUT2D eigenvalue weighted by molar-refractivity contribution is 5.99. The van der Waals surface area contributed by atoms with Crippen LogP contribution >= 0.6 is 0 Å². The van der Waals surface area contributed by atoms with E-state index < -0.39 is 0 Å². The molecule has 0 radical (unpaired) electrons. The van der Waals surface area contributed by atoms with E-state index in [-0.39, 0.29) is 11.9 Å². The Balaban J connectivity index is 2.11. The Morgan fingerprint density at radius 1 is 1.00 bits per heavy atom. The summed E-state index contributed by atoms with van der Waals surface area (Å²) in [4.78, 5) is 14.5. The summed E-state index contributed by atoms with van der Waals surface area (Å²) in [6.45, 7) is 2.91. The SMILES string of the molecule is CCCN1C(=O)c2ccccc2C1c1ccccc1. The van der Waals surface area contributed by atoms with Gasteiger partial charge in [-0.2, -0.15) is 0 Å². The molecule has 96 valence electrons. The third-order valence-corrected chi connectivity index (χ3v) is 3.64. The van der Waals surface area contributed by atoms with Crippen molar-refractivity contribution in [3.8, 4) is 0 Å². The minimum Gasteiger partial charge on any atom is -0.327 e. The van der Waals surface area contributed by atoms with Crippen molar-refractivity contribution in [2.24, 2.45) is 0 Å². The summed E-state index contributed by atoms with van der Waals surface area (Å²) in [7, 11) is 0. The van der Waals surface area contributed by atoms with Crippen molar-refractivity contribution in [2.75, 3.05) is 6.54 Å². The van der Waals surface area contributed by atoms with Crippen LogP contribution in [-0.2, 0) is 0 Å². The molecule has 2 aromatic rings. The zero-order valence-corrected chi connectivity index (χ0v) is 11.0. The van der Waals surface area contributed by atoms with Gasteiger partial charge in [0.1, 0.15) is 0 Å². The molecule has 1 amide bonds. The number of amides is 1. The second-order valence-corrected chi connectivity index (χ2v) is 4.90. The minimum atomic E-state index is 0.0739. The Labute approximate surface area is 113 Å². The van der Waals surface area contributed by atoms with Crippen molar-refractivity contribution in [3.05, 3.63) is 71.3 Å². The maximum Gasteiger partial charge on any atom is 0.255 e. The van der Waals surface area contributed by atoms with Crippen LogP contribution in [0.3, 0.4) is 0 Å². The maximum atomic E-state index is 12.5. The summed E-state index contributed by atoms with van der Waals surface area (Å²) in [6, 6.07) is 18.3. The smallest absolute Gasteiger partial charge is 0.255 e. The average Bonchev–Trinajstić information content (AvgIpc) is 2.74. The van der Waals surface area contributed by atoms with Crippen molar-refractivity contribution >= 4 is 5.91 Å². The van der Waals surface area contributed by atoms with Crippen LogP contribution in [0.5, 0.6) is 0 Å². The van der Waals surface area contributed by atoms with E-state index in [1.807, 2.05) is 41.3 Å². The molecule has 2 nitrogen and oxygen atoms in total. The molecule has 0 aromatic heterocycles. The first-order valence-electron chi connectivity index (χ1n) is 6.77. The summed E-state index contributed by atoms with van der Waals surface area (Å²) >= 11 is 0. The van der Waals surface area contributed by atoms with Gasteiger partial charge >= 0.3 is 0 Å². The van der Waals surface area contributed by atoms with E-state index in [9.17, 15) is 4.79 Å². The first-order valence-corrected chi connectivity index (χ1v) is 6.77. The van der Waals surface area contributed by atoms with Gasteiger partial charge in [-0.1, -0.05) is 55.5 Å². The highest BCUT2D eigenvalue weighted by Gasteiger charge is 2.36. The Kier molecular flexibility index (Phi) is 3.08. The van der Waals surface area contributed by atoms with Gasteiger partial charge in [0.15, 0.2) is 0 Å². The predicted octanol–water partition coefficient (Wildman–Crippen LogP) is 3.64. The molecule has 1 aliphatic heterocycles. The third-order valence-electron chi connectivity index (χ3n) is 3.64. The number of nitrogens with zero attached hydrogens (tertiary/aromatic N) is 1. The second kappa shape index (κ2) is 4.88. The summed E-state index contributed by atoms with van der Waals surface area (Å²) in [5.41, 5.74) is 3.17. The van der Waals surface area contributed by atoms with Gasteiger partial charge < -0.3 is 4.90 Å². The van der Waals surface area contributed by atoms with Crippen molar-refractivity contribution in [3.63, 3.8) is 0 Å². The highest BCUT2D eigenvalue weighted by atomic mass is 16.2. The molecular formula is C17H17NO. The Hall–Kier alpha value is -2.09. The molecule has 0 saturated carbocycles. The lowest BCUT2D eigenvalue weighted by atomic mass is 9.98. The van der Waals surface area contributed by atoms with Gasteiger partial charge in [-0.25, -0.2) is 0 Å². The van der Waals surface area contributed by atoms with E-state index in [4.69, 9.17) is 0 Å². The Bertz CT molecular complexity index is 591. The average molecular weight is 251 g/mol. The van der Waals surface area contributed by atoms with Crippen LogP contribution in [0.15, 0.2) is 54.6 Å². The summed E-state index contributed by atoms with van der Waals surface area (Å²) in [5.74, 6) is 0.159. The van der Waals surface area contributed by atoms with Crippen LogP contribution in [0.1, 0.15) is 40.9 Å². The number of hydrogen-bond donors (Lipinski definition) is 0. The van der Waals surface area contributed by atoms with E-state index in [0.717, 1.165) is 24.1 Å². The van der Waals surface area contributed by atoms with Gasteiger partial charge in [0.2, 0.25) is 0 Å². The van der Waals surface area contributed by atoms with Crippen LogP contribution < -0.4 is 0 Å². The van der Waals surface area contributed by atoms with Gasteiger partial charge in [-0.05, 0) is 23.6 Å². The van der Waals surface area contributed by atoms with Gasteiger partial charge in [0.05, 0.1) is 6.04 Å². The maximum absolute atomic E-state index is 12.5. The quantitative estimate of drug-likeness (QED) is 0.815. The first-order chi connectivity index (χ1) is 9.33.